The number of benzene rings is 1. The third-order valence-corrected chi connectivity index (χ3v) is 2.27. The zero-order valence-corrected chi connectivity index (χ0v) is 8.48. The van der Waals surface area contributed by atoms with Gasteiger partial charge in [0.15, 0.2) is 0 Å². The van der Waals surface area contributed by atoms with Gasteiger partial charge in [0.25, 0.3) is 0 Å². The second-order valence-electron chi connectivity index (χ2n) is 3.28. The first-order valence-corrected chi connectivity index (χ1v) is 4.56. The minimum atomic E-state index is -0.997. The molecular weight excluding hydrogens is 210 g/mol. The average molecular weight is 219 g/mol. The van der Waals surface area contributed by atoms with Gasteiger partial charge >= 0.3 is 11.9 Å². The van der Waals surface area contributed by atoms with Crippen LogP contribution in [-0.2, 0) is 4.74 Å². The normalized spacial score (nSPS) is 10.3. The van der Waals surface area contributed by atoms with E-state index >= 15 is 0 Å². The van der Waals surface area contributed by atoms with Gasteiger partial charge in [0.2, 0.25) is 0 Å². The lowest BCUT2D eigenvalue weighted by Crippen LogP contribution is -2.00. The second kappa shape index (κ2) is 3.69. The fourth-order valence-corrected chi connectivity index (χ4v) is 1.49. The number of methoxy groups -OCH3 is 1. The maximum Gasteiger partial charge on any atom is 0.354 e. The van der Waals surface area contributed by atoms with Crippen LogP contribution in [0.3, 0.4) is 0 Å². The average Bonchev–Trinajstić information content (AvgIpc) is 2.70. The summed E-state index contributed by atoms with van der Waals surface area (Å²) >= 11 is 0. The SMILES string of the molecule is COC(=O)c1cc2cc(C(=O)O)ccc2[nH]1. The smallest absolute Gasteiger partial charge is 0.354 e. The molecule has 0 radical (unpaired) electrons. The lowest BCUT2D eigenvalue weighted by atomic mass is 10.1. The van der Waals surface area contributed by atoms with Crippen LogP contribution in [0.2, 0.25) is 0 Å². The summed E-state index contributed by atoms with van der Waals surface area (Å²) in [5.74, 6) is -1.48. The minimum absolute atomic E-state index is 0.183. The highest BCUT2D eigenvalue weighted by Crippen LogP contribution is 2.17. The van der Waals surface area contributed by atoms with Gasteiger partial charge in [-0.15, -0.1) is 0 Å². The van der Waals surface area contributed by atoms with Crippen LogP contribution in [-0.4, -0.2) is 29.1 Å². The van der Waals surface area contributed by atoms with Crippen molar-refractivity contribution >= 4 is 22.8 Å². The molecule has 0 saturated carbocycles. The highest BCUT2D eigenvalue weighted by Gasteiger charge is 2.10. The first-order valence-electron chi connectivity index (χ1n) is 4.56. The van der Waals surface area contributed by atoms with E-state index in [9.17, 15) is 9.59 Å². The molecule has 2 rings (SSSR count). The summed E-state index contributed by atoms with van der Waals surface area (Å²) in [5, 5.41) is 9.47. The molecule has 0 bridgehead atoms. The number of carbonyl (C=O) groups excluding carboxylic acids is 1. The van der Waals surface area contributed by atoms with E-state index in [1.165, 1.54) is 19.2 Å². The summed E-state index contributed by atoms with van der Waals surface area (Å²) in [4.78, 5) is 24.8. The van der Waals surface area contributed by atoms with Crippen LogP contribution in [0.4, 0.5) is 0 Å². The molecule has 0 fully saturated rings. The first-order chi connectivity index (χ1) is 7.61. The molecule has 0 aliphatic heterocycles. The molecule has 5 heteroatoms. The summed E-state index contributed by atoms with van der Waals surface area (Å²) in [7, 11) is 1.29. The largest absolute Gasteiger partial charge is 0.478 e. The third-order valence-electron chi connectivity index (χ3n) is 2.27. The van der Waals surface area contributed by atoms with Crippen molar-refractivity contribution in [2.45, 2.75) is 0 Å². The summed E-state index contributed by atoms with van der Waals surface area (Å²) in [6.07, 6.45) is 0. The number of ether oxygens (including phenoxy) is 1. The number of H-pyrrole nitrogens is 1. The van der Waals surface area contributed by atoms with E-state index in [-0.39, 0.29) is 5.56 Å². The number of rotatable bonds is 2. The van der Waals surface area contributed by atoms with Gasteiger partial charge in [-0.1, -0.05) is 0 Å². The molecule has 0 unspecified atom stereocenters. The van der Waals surface area contributed by atoms with Gasteiger partial charge in [-0.25, -0.2) is 9.59 Å². The maximum atomic E-state index is 11.2. The van der Waals surface area contributed by atoms with Crippen LogP contribution in [0.1, 0.15) is 20.8 Å². The van der Waals surface area contributed by atoms with Crippen LogP contribution in [0, 0.1) is 0 Å². The third kappa shape index (κ3) is 1.63. The zero-order chi connectivity index (χ0) is 11.7. The number of carboxylic acids is 1. The Balaban J connectivity index is 2.54. The Bertz CT molecular complexity index is 570. The number of fused-ring (bicyclic) bond motifs is 1. The van der Waals surface area contributed by atoms with Gasteiger partial charge in [0.05, 0.1) is 12.7 Å². The van der Waals surface area contributed by atoms with Gasteiger partial charge in [-0.2, -0.15) is 0 Å². The number of nitrogens with one attached hydrogen (secondary N) is 1. The monoisotopic (exact) mass is 219 g/mol. The summed E-state index contributed by atoms with van der Waals surface area (Å²) in [6.45, 7) is 0. The van der Waals surface area contributed by atoms with E-state index in [1.54, 1.807) is 12.1 Å². The Morgan fingerprint density at radius 3 is 2.69 bits per heavy atom. The molecule has 16 heavy (non-hydrogen) atoms. The molecule has 1 aromatic carbocycles. The number of esters is 1. The van der Waals surface area contributed by atoms with Crippen LogP contribution in [0.15, 0.2) is 24.3 Å². The summed E-state index contributed by atoms with van der Waals surface area (Å²) in [6, 6.07) is 6.15. The molecule has 5 nitrogen and oxygen atoms in total. The zero-order valence-electron chi connectivity index (χ0n) is 8.48. The van der Waals surface area contributed by atoms with Crippen LogP contribution in [0.5, 0.6) is 0 Å². The molecule has 82 valence electrons. The van der Waals surface area contributed by atoms with Crippen molar-refractivity contribution in [3.63, 3.8) is 0 Å². The first kappa shape index (κ1) is 10.2. The molecule has 0 spiro atoms. The Morgan fingerprint density at radius 2 is 2.06 bits per heavy atom. The molecule has 0 saturated heterocycles. The Labute approximate surface area is 90.6 Å². The minimum Gasteiger partial charge on any atom is -0.478 e. The van der Waals surface area contributed by atoms with Gasteiger partial charge in [-0.05, 0) is 24.3 Å². The van der Waals surface area contributed by atoms with E-state index in [4.69, 9.17) is 5.11 Å². The number of hydrogen-bond donors (Lipinski definition) is 2. The summed E-state index contributed by atoms with van der Waals surface area (Å²) < 4.78 is 4.56. The van der Waals surface area contributed by atoms with Crippen LogP contribution in [0.25, 0.3) is 10.9 Å². The van der Waals surface area contributed by atoms with Crippen molar-refractivity contribution < 1.29 is 19.4 Å². The molecule has 1 heterocycles. The molecule has 2 N–H and O–H groups in total. The molecule has 2 aromatic rings. The number of aromatic nitrogens is 1. The quantitative estimate of drug-likeness (QED) is 0.752. The number of carbonyl (C=O) groups is 2. The predicted molar refractivity (Wildman–Crippen MR) is 56.6 cm³/mol. The Kier molecular flexibility index (Phi) is 2.36. The topological polar surface area (TPSA) is 79.4 Å². The summed E-state index contributed by atoms with van der Waals surface area (Å²) in [5.41, 5.74) is 1.19. The van der Waals surface area contributed by atoms with E-state index in [2.05, 4.69) is 9.72 Å². The van der Waals surface area contributed by atoms with E-state index < -0.39 is 11.9 Å². The van der Waals surface area contributed by atoms with E-state index in [0.717, 1.165) is 0 Å². The van der Waals surface area contributed by atoms with Crippen molar-refractivity contribution in [1.82, 2.24) is 4.98 Å². The van der Waals surface area contributed by atoms with Crippen LogP contribution < -0.4 is 0 Å². The highest BCUT2D eigenvalue weighted by atomic mass is 16.5. The lowest BCUT2D eigenvalue weighted by molar-refractivity contribution is 0.0594. The second-order valence-corrected chi connectivity index (χ2v) is 3.28. The molecular formula is C11H9NO4. The Hall–Kier alpha value is -2.30. The standard InChI is InChI=1S/C11H9NO4/c1-16-11(15)9-5-7-4-6(10(13)14)2-3-8(7)12-9/h2-5,12H,1H3,(H,13,14). The van der Waals surface area contributed by atoms with Gasteiger partial charge in [-0.3, -0.25) is 0 Å². The van der Waals surface area contributed by atoms with E-state index in [1.807, 2.05) is 0 Å². The molecule has 0 aliphatic carbocycles. The number of aromatic carboxylic acids is 1. The molecule has 0 aliphatic rings. The van der Waals surface area contributed by atoms with Crippen molar-refractivity contribution in [3.05, 3.63) is 35.5 Å². The van der Waals surface area contributed by atoms with Crippen molar-refractivity contribution in [3.8, 4) is 0 Å². The molecule has 0 atom stereocenters. The van der Waals surface area contributed by atoms with Gasteiger partial charge in [0, 0.05) is 10.9 Å². The Morgan fingerprint density at radius 1 is 1.31 bits per heavy atom. The fourth-order valence-electron chi connectivity index (χ4n) is 1.49. The van der Waals surface area contributed by atoms with E-state index in [0.29, 0.717) is 16.6 Å². The van der Waals surface area contributed by atoms with Crippen molar-refractivity contribution in [2.75, 3.05) is 7.11 Å². The number of carboxylic acid groups (broad SMARTS) is 1. The predicted octanol–water partition coefficient (Wildman–Crippen LogP) is 1.65. The van der Waals surface area contributed by atoms with Crippen molar-refractivity contribution in [2.24, 2.45) is 0 Å². The molecule has 1 aromatic heterocycles. The molecule has 0 amide bonds. The lowest BCUT2D eigenvalue weighted by Gasteiger charge is -1.93. The number of hydrogen-bond acceptors (Lipinski definition) is 3. The fraction of sp³-hybridized carbons (Fsp3) is 0.0909. The van der Waals surface area contributed by atoms with Gasteiger partial charge in [0.1, 0.15) is 5.69 Å². The number of aromatic amines is 1. The van der Waals surface area contributed by atoms with Crippen molar-refractivity contribution in [1.29, 1.82) is 0 Å². The maximum absolute atomic E-state index is 11.2. The van der Waals surface area contributed by atoms with Gasteiger partial charge < -0.3 is 14.8 Å². The van der Waals surface area contributed by atoms with Crippen LogP contribution >= 0.6 is 0 Å². The highest BCUT2D eigenvalue weighted by molar-refractivity contribution is 5.98.